The minimum absolute atomic E-state index is 0. The van der Waals surface area contributed by atoms with Crippen LogP contribution in [0.4, 0.5) is 5.69 Å². The molecule has 2 atom stereocenters. The van der Waals surface area contributed by atoms with Gasteiger partial charge in [0.15, 0.2) is 0 Å². The number of esters is 1. The van der Waals surface area contributed by atoms with Crippen LogP contribution in [-0.2, 0) is 14.3 Å². The molecule has 2 amide bonds. The molecular weight excluding hydrogens is 334 g/mol. The lowest BCUT2D eigenvalue weighted by Crippen LogP contribution is -2.40. The lowest BCUT2D eigenvalue weighted by Gasteiger charge is -2.17. The number of benzene rings is 1. The maximum atomic E-state index is 12.0. The Morgan fingerprint density at radius 3 is 2.29 bits per heavy atom. The zero-order valence-corrected chi connectivity index (χ0v) is 14.8. The number of anilines is 1. The first kappa shape index (κ1) is 21.9. The maximum Gasteiger partial charge on any atom is 0.325 e. The van der Waals surface area contributed by atoms with E-state index in [4.69, 9.17) is 5.73 Å². The van der Waals surface area contributed by atoms with Crippen LogP contribution < -0.4 is 16.4 Å². The van der Waals surface area contributed by atoms with Crippen molar-refractivity contribution in [2.24, 2.45) is 11.7 Å². The van der Waals surface area contributed by atoms with Crippen molar-refractivity contribution < 1.29 is 19.1 Å². The molecule has 0 radical (unpaired) electrons. The molecule has 0 saturated carbocycles. The van der Waals surface area contributed by atoms with E-state index in [0.717, 1.165) is 6.42 Å². The molecule has 8 heteroatoms. The Morgan fingerprint density at radius 2 is 1.79 bits per heavy atom. The predicted octanol–water partition coefficient (Wildman–Crippen LogP) is 1.32. The molecule has 0 aromatic heterocycles. The van der Waals surface area contributed by atoms with Crippen molar-refractivity contribution in [2.75, 3.05) is 19.0 Å². The maximum absolute atomic E-state index is 12.0. The van der Waals surface area contributed by atoms with Gasteiger partial charge in [-0.15, -0.1) is 12.4 Å². The van der Waals surface area contributed by atoms with Crippen LogP contribution in [0.5, 0.6) is 0 Å². The van der Waals surface area contributed by atoms with E-state index in [2.05, 4.69) is 15.4 Å². The molecule has 1 aromatic carbocycles. The topological polar surface area (TPSA) is 111 Å². The standard InChI is InChI=1S/C16H23N3O4.ClH/c1-4-10(2)14(17)16(22)19-12-7-5-11(6-8-12)15(21)18-9-13(20)23-3;/h5-8,10,14H,4,9,17H2,1-3H3,(H,18,21)(H,19,22);1H. The molecule has 0 aliphatic heterocycles. The van der Waals surface area contributed by atoms with Crippen LogP contribution in [0.1, 0.15) is 30.6 Å². The van der Waals surface area contributed by atoms with E-state index in [9.17, 15) is 14.4 Å². The van der Waals surface area contributed by atoms with Gasteiger partial charge < -0.3 is 21.1 Å². The number of methoxy groups -OCH3 is 1. The normalized spacial score (nSPS) is 12.3. The number of hydrogen-bond donors (Lipinski definition) is 3. The molecule has 1 aromatic rings. The number of carbonyl (C=O) groups is 3. The zero-order valence-electron chi connectivity index (χ0n) is 14.0. The van der Waals surface area contributed by atoms with Crippen molar-refractivity contribution in [1.29, 1.82) is 0 Å². The summed E-state index contributed by atoms with van der Waals surface area (Å²) in [5.74, 6) is -1.11. The van der Waals surface area contributed by atoms with Crippen LogP contribution in [0.15, 0.2) is 24.3 Å². The number of ether oxygens (including phenoxy) is 1. The Bertz CT molecular complexity index is 563. The second-order valence-corrected chi connectivity index (χ2v) is 5.24. The Labute approximate surface area is 147 Å². The first-order valence-electron chi connectivity index (χ1n) is 7.40. The number of nitrogens with two attached hydrogens (primary N) is 1. The number of hydrogen-bond acceptors (Lipinski definition) is 5. The second-order valence-electron chi connectivity index (χ2n) is 5.24. The number of halogens is 1. The van der Waals surface area contributed by atoms with E-state index in [1.54, 1.807) is 24.3 Å². The molecule has 0 bridgehead atoms. The summed E-state index contributed by atoms with van der Waals surface area (Å²) < 4.78 is 4.44. The van der Waals surface area contributed by atoms with Gasteiger partial charge >= 0.3 is 5.97 Å². The average Bonchev–Trinajstić information content (AvgIpc) is 2.58. The zero-order chi connectivity index (χ0) is 17.4. The number of rotatable bonds is 7. The number of carbonyl (C=O) groups excluding carboxylic acids is 3. The van der Waals surface area contributed by atoms with Crippen LogP contribution in [0.3, 0.4) is 0 Å². The molecule has 0 aliphatic carbocycles. The minimum atomic E-state index is -0.581. The molecule has 0 aliphatic rings. The van der Waals surface area contributed by atoms with E-state index < -0.39 is 17.9 Å². The van der Waals surface area contributed by atoms with Crippen LogP contribution in [0, 0.1) is 5.92 Å². The monoisotopic (exact) mass is 357 g/mol. The van der Waals surface area contributed by atoms with E-state index in [0.29, 0.717) is 11.3 Å². The Morgan fingerprint density at radius 1 is 1.21 bits per heavy atom. The van der Waals surface area contributed by atoms with Gasteiger partial charge in [-0.05, 0) is 30.2 Å². The van der Waals surface area contributed by atoms with Gasteiger partial charge in [0.1, 0.15) is 6.54 Å². The molecule has 0 saturated heterocycles. The molecule has 0 spiro atoms. The van der Waals surface area contributed by atoms with Crippen molar-refractivity contribution in [3.8, 4) is 0 Å². The van der Waals surface area contributed by atoms with E-state index in [1.165, 1.54) is 7.11 Å². The van der Waals surface area contributed by atoms with Crippen LogP contribution in [0.25, 0.3) is 0 Å². The first-order chi connectivity index (χ1) is 10.9. The number of amides is 2. The molecular formula is C16H24ClN3O4. The Hall–Kier alpha value is -2.12. The molecule has 4 N–H and O–H groups in total. The van der Waals surface area contributed by atoms with Crippen LogP contribution in [-0.4, -0.2) is 37.5 Å². The Balaban J connectivity index is 0.00000529. The summed E-state index contributed by atoms with van der Waals surface area (Å²) in [7, 11) is 1.25. The van der Waals surface area contributed by atoms with Gasteiger partial charge in [-0.25, -0.2) is 0 Å². The van der Waals surface area contributed by atoms with Crippen LogP contribution >= 0.6 is 12.4 Å². The Kier molecular flexibility index (Phi) is 9.68. The van der Waals surface area contributed by atoms with E-state index in [-0.39, 0.29) is 30.8 Å². The van der Waals surface area contributed by atoms with Gasteiger partial charge in [0, 0.05) is 11.3 Å². The van der Waals surface area contributed by atoms with Gasteiger partial charge in [-0.1, -0.05) is 20.3 Å². The summed E-state index contributed by atoms with van der Waals surface area (Å²) in [6.45, 7) is 3.69. The third kappa shape index (κ3) is 6.55. The van der Waals surface area contributed by atoms with Gasteiger partial charge in [-0.3, -0.25) is 14.4 Å². The summed E-state index contributed by atoms with van der Waals surface area (Å²) in [6.07, 6.45) is 0.813. The highest BCUT2D eigenvalue weighted by molar-refractivity contribution is 5.98. The third-order valence-corrected chi connectivity index (χ3v) is 3.60. The summed E-state index contributed by atoms with van der Waals surface area (Å²) >= 11 is 0. The largest absolute Gasteiger partial charge is 0.468 e. The fourth-order valence-corrected chi connectivity index (χ4v) is 1.77. The molecule has 2 unspecified atom stereocenters. The van der Waals surface area contributed by atoms with E-state index in [1.807, 2.05) is 13.8 Å². The smallest absolute Gasteiger partial charge is 0.325 e. The molecule has 0 heterocycles. The predicted molar refractivity (Wildman–Crippen MR) is 94.1 cm³/mol. The van der Waals surface area contributed by atoms with E-state index >= 15 is 0 Å². The lowest BCUT2D eigenvalue weighted by molar-refractivity contribution is -0.139. The molecule has 7 nitrogen and oxygen atoms in total. The molecule has 24 heavy (non-hydrogen) atoms. The van der Waals surface area contributed by atoms with Gasteiger partial charge in [0.25, 0.3) is 5.91 Å². The minimum Gasteiger partial charge on any atom is -0.468 e. The second kappa shape index (κ2) is 10.6. The van der Waals surface area contributed by atoms with Crippen molar-refractivity contribution >= 4 is 35.9 Å². The fourth-order valence-electron chi connectivity index (χ4n) is 1.77. The highest BCUT2D eigenvalue weighted by Gasteiger charge is 2.19. The highest BCUT2D eigenvalue weighted by atomic mass is 35.5. The van der Waals surface area contributed by atoms with Crippen molar-refractivity contribution in [3.05, 3.63) is 29.8 Å². The summed E-state index contributed by atoms with van der Waals surface area (Å²) in [6, 6.07) is 5.74. The van der Waals surface area contributed by atoms with Gasteiger partial charge in [0.05, 0.1) is 13.2 Å². The number of nitrogens with one attached hydrogen (secondary N) is 2. The van der Waals surface area contributed by atoms with Crippen molar-refractivity contribution in [2.45, 2.75) is 26.3 Å². The average molecular weight is 358 g/mol. The molecule has 1 rings (SSSR count). The quantitative estimate of drug-likeness (QED) is 0.637. The fraction of sp³-hybridized carbons (Fsp3) is 0.438. The molecule has 134 valence electrons. The van der Waals surface area contributed by atoms with Crippen molar-refractivity contribution in [1.82, 2.24) is 5.32 Å². The highest BCUT2D eigenvalue weighted by Crippen LogP contribution is 2.12. The molecule has 0 fully saturated rings. The van der Waals surface area contributed by atoms with Gasteiger partial charge in [-0.2, -0.15) is 0 Å². The SMILES string of the molecule is CCC(C)C(N)C(=O)Nc1ccc(C(=O)NCC(=O)OC)cc1.Cl. The van der Waals surface area contributed by atoms with Crippen LogP contribution in [0.2, 0.25) is 0 Å². The lowest BCUT2D eigenvalue weighted by atomic mass is 9.99. The van der Waals surface area contributed by atoms with Crippen molar-refractivity contribution in [3.63, 3.8) is 0 Å². The van der Waals surface area contributed by atoms with Gasteiger partial charge in [0.2, 0.25) is 5.91 Å². The third-order valence-electron chi connectivity index (χ3n) is 3.60. The summed E-state index contributed by atoms with van der Waals surface area (Å²) in [5, 5.41) is 5.14. The summed E-state index contributed by atoms with van der Waals surface area (Å²) in [4.78, 5) is 34.8. The first-order valence-corrected chi connectivity index (χ1v) is 7.40. The summed E-state index contributed by atoms with van der Waals surface area (Å²) in [5.41, 5.74) is 6.79.